The van der Waals surface area contributed by atoms with Crippen LogP contribution in [0, 0.1) is 0 Å². The first-order chi connectivity index (χ1) is 40.7. The standard InChI is InChI=1S/C78H64O4/c1-9-25-61(26-10-1)75(62-27-11-2-12-28-62)79-69-49-41-57(42-50-69)73(58-43-51-70(52-44-58)80-76(63-29-13-3-14-30-63)64-31-15-4-16-32-64)74(59-45-53-71(54-46-59)81-77(65-33-17-5-18-34-65)66-35-19-6-20-36-66)60-47-55-72(56-48-60)82-78(67-37-21-7-22-38-67)68-39-23-8-24-40-68/h1-23,25-39,41-56,73-78H,24,40H2. The lowest BCUT2D eigenvalue weighted by Crippen LogP contribution is -2.16. The van der Waals surface area contributed by atoms with Crippen LogP contribution in [-0.4, -0.2) is 0 Å². The quantitative estimate of drug-likeness (QED) is 0.0719. The third-order valence-corrected chi connectivity index (χ3v) is 15.4. The number of benzene rings is 11. The van der Waals surface area contributed by atoms with Gasteiger partial charge in [-0.3, -0.25) is 0 Å². The molecule has 11 aromatic rings. The molecule has 82 heavy (non-hydrogen) atoms. The van der Waals surface area contributed by atoms with Crippen molar-refractivity contribution in [1.82, 2.24) is 0 Å². The highest BCUT2D eigenvalue weighted by atomic mass is 16.5. The second-order valence-corrected chi connectivity index (χ2v) is 20.8. The van der Waals surface area contributed by atoms with Gasteiger partial charge in [-0.05, 0) is 128 Å². The van der Waals surface area contributed by atoms with E-state index in [0.29, 0.717) is 0 Å². The molecule has 0 amide bonds. The van der Waals surface area contributed by atoms with Crippen LogP contribution in [0.5, 0.6) is 23.0 Å². The molecule has 11 aromatic carbocycles. The van der Waals surface area contributed by atoms with Crippen LogP contribution in [-0.2, 0) is 0 Å². The molecule has 0 heterocycles. The van der Waals surface area contributed by atoms with E-state index in [2.05, 4.69) is 291 Å². The summed E-state index contributed by atoms with van der Waals surface area (Å²) in [5, 5.41) is 0. The Balaban J connectivity index is 0.953. The van der Waals surface area contributed by atoms with Crippen LogP contribution in [0.1, 0.15) is 110 Å². The summed E-state index contributed by atoms with van der Waals surface area (Å²) in [7, 11) is 0. The van der Waals surface area contributed by atoms with Gasteiger partial charge in [0, 0.05) is 11.8 Å². The predicted molar refractivity (Wildman–Crippen MR) is 332 cm³/mol. The number of ether oxygens (including phenoxy) is 4. The zero-order valence-corrected chi connectivity index (χ0v) is 45.7. The molecule has 1 aliphatic rings. The summed E-state index contributed by atoms with van der Waals surface area (Å²) in [6.45, 7) is 0. The first-order valence-electron chi connectivity index (χ1n) is 28.4. The first-order valence-corrected chi connectivity index (χ1v) is 28.4. The zero-order valence-electron chi connectivity index (χ0n) is 45.7. The van der Waals surface area contributed by atoms with Gasteiger partial charge >= 0.3 is 0 Å². The second kappa shape index (κ2) is 25.9. The summed E-state index contributed by atoms with van der Waals surface area (Å²) >= 11 is 0. The van der Waals surface area contributed by atoms with Crippen molar-refractivity contribution in [3.8, 4) is 23.0 Å². The van der Waals surface area contributed by atoms with Crippen LogP contribution in [0.25, 0.3) is 0 Å². The smallest absolute Gasteiger partial charge is 0.149 e. The fraction of sp³-hybridized carbons (Fsp3) is 0.103. The van der Waals surface area contributed by atoms with Gasteiger partial charge in [0.25, 0.3) is 0 Å². The van der Waals surface area contributed by atoms with Crippen LogP contribution in [0.4, 0.5) is 0 Å². The van der Waals surface area contributed by atoms with Crippen LogP contribution in [0.2, 0.25) is 0 Å². The molecule has 0 aromatic heterocycles. The SMILES string of the molecule is C1=CCCC(C(Oc2ccc(C(c3ccc(OC(c4ccccc4)c4ccccc4)cc3)C(c3ccc(OC(c4ccccc4)c4ccccc4)cc3)c3ccc(OC(c4ccccc4)c4ccccc4)cc3)cc2)c2ccccc2)=C1. The Morgan fingerprint density at radius 1 is 0.220 bits per heavy atom. The molecule has 0 saturated carbocycles. The minimum absolute atomic E-state index is 0.181. The Morgan fingerprint density at radius 3 is 0.659 bits per heavy atom. The van der Waals surface area contributed by atoms with Crippen molar-refractivity contribution in [3.05, 3.63) is 394 Å². The Bertz CT molecular complexity index is 3510. The first kappa shape index (κ1) is 52.8. The Kier molecular flexibility index (Phi) is 16.7. The molecule has 0 radical (unpaired) electrons. The van der Waals surface area contributed by atoms with Gasteiger partial charge in [-0.1, -0.05) is 279 Å². The number of hydrogen-bond donors (Lipinski definition) is 0. The maximum Gasteiger partial charge on any atom is 0.149 e. The summed E-state index contributed by atoms with van der Waals surface area (Å²) < 4.78 is 27.9. The fourth-order valence-electron chi connectivity index (χ4n) is 11.3. The Morgan fingerprint density at radius 2 is 0.439 bits per heavy atom. The lowest BCUT2D eigenvalue weighted by Gasteiger charge is -2.31. The van der Waals surface area contributed by atoms with Crippen molar-refractivity contribution in [2.45, 2.75) is 49.1 Å². The largest absolute Gasteiger partial charge is 0.481 e. The minimum atomic E-state index is -0.294. The highest BCUT2D eigenvalue weighted by Gasteiger charge is 2.30. The second-order valence-electron chi connectivity index (χ2n) is 20.8. The van der Waals surface area contributed by atoms with E-state index < -0.39 is 0 Å². The summed E-state index contributed by atoms with van der Waals surface area (Å²) in [5.41, 5.74) is 13.4. The molecule has 12 rings (SSSR count). The molecular weight excluding hydrogens is 1000 g/mol. The average molecular weight is 1070 g/mol. The van der Waals surface area contributed by atoms with E-state index in [-0.39, 0.29) is 36.3 Å². The van der Waals surface area contributed by atoms with E-state index >= 15 is 0 Å². The maximum absolute atomic E-state index is 7.01. The lowest BCUT2D eigenvalue weighted by molar-refractivity contribution is 0.238. The van der Waals surface area contributed by atoms with E-state index in [1.807, 2.05) is 36.4 Å². The zero-order chi connectivity index (χ0) is 55.1. The highest BCUT2D eigenvalue weighted by molar-refractivity contribution is 5.50. The van der Waals surface area contributed by atoms with Crippen LogP contribution < -0.4 is 18.9 Å². The van der Waals surface area contributed by atoms with Gasteiger partial charge in [0.2, 0.25) is 0 Å². The van der Waals surface area contributed by atoms with Gasteiger partial charge in [-0.25, -0.2) is 0 Å². The van der Waals surface area contributed by atoms with Crippen molar-refractivity contribution < 1.29 is 18.9 Å². The van der Waals surface area contributed by atoms with Crippen molar-refractivity contribution in [2.75, 3.05) is 0 Å². The Hall–Kier alpha value is -9.90. The van der Waals surface area contributed by atoms with Crippen LogP contribution >= 0.6 is 0 Å². The van der Waals surface area contributed by atoms with Crippen molar-refractivity contribution >= 4 is 0 Å². The van der Waals surface area contributed by atoms with Gasteiger partial charge < -0.3 is 18.9 Å². The van der Waals surface area contributed by atoms with Gasteiger partial charge in [-0.2, -0.15) is 0 Å². The minimum Gasteiger partial charge on any atom is -0.481 e. The summed E-state index contributed by atoms with van der Waals surface area (Å²) in [4.78, 5) is 0. The molecule has 4 heteroatoms. The molecule has 400 valence electrons. The summed E-state index contributed by atoms with van der Waals surface area (Å²) in [6, 6.07) is 108. The van der Waals surface area contributed by atoms with Crippen molar-refractivity contribution in [1.29, 1.82) is 0 Å². The van der Waals surface area contributed by atoms with E-state index in [9.17, 15) is 0 Å². The fourth-order valence-corrected chi connectivity index (χ4v) is 11.3. The van der Waals surface area contributed by atoms with Gasteiger partial charge in [0.1, 0.15) is 47.4 Å². The number of hydrogen-bond acceptors (Lipinski definition) is 4. The summed E-state index contributed by atoms with van der Waals surface area (Å²) in [6.07, 6.45) is 7.43. The molecule has 0 saturated heterocycles. The van der Waals surface area contributed by atoms with E-state index in [1.165, 1.54) is 5.57 Å². The average Bonchev–Trinajstić information content (AvgIpc) is 3.68. The summed E-state index contributed by atoms with van der Waals surface area (Å²) in [5.74, 6) is 2.77. The molecule has 2 atom stereocenters. The highest BCUT2D eigenvalue weighted by Crippen LogP contribution is 2.46. The van der Waals surface area contributed by atoms with Crippen molar-refractivity contribution in [3.63, 3.8) is 0 Å². The molecule has 2 unspecified atom stereocenters. The topological polar surface area (TPSA) is 36.9 Å². The Labute approximate surface area is 482 Å². The monoisotopic (exact) mass is 1060 g/mol. The molecule has 0 aliphatic heterocycles. The number of allylic oxidation sites excluding steroid dienone is 3. The van der Waals surface area contributed by atoms with E-state index in [4.69, 9.17) is 18.9 Å². The van der Waals surface area contributed by atoms with Crippen LogP contribution in [0.3, 0.4) is 0 Å². The normalized spacial score (nSPS) is 12.9. The van der Waals surface area contributed by atoms with Gasteiger partial charge in [-0.15, -0.1) is 0 Å². The van der Waals surface area contributed by atoms with Crippen LogP contribution in [0.15, 0.2) is 333 Å². The third-order valence-electron chi connectivity index (χ3n) is 15.4. The van der Waals surface area contributed by atoms with E-state index in [1.54, 1.807) is 0 Å². The molecule has 0 bridgehead atoms. The van der Waals surface area contributed by atoms with E-state index in [0.717, 1.165) is 97.0 Å². The predicted octanol–water partition coefficient (Wildman–Crippen LogP) is 19.6. The number of rotatable bonds is 21. The maximum atomic E-state index is 7.01. The molecular formula is C78H64O4. The van der Waals surface area contributed by atoms with Gasteiger partial charge in [0.15, 0.2) is 0 Å². The molecule has 0 fully saturated rings. The molecule has 0 N–H and O–H groups in total. The molecule has 4 nitrogen and oxygen atoms in total. The lowest BCUT2D eigenvalue weighted by atomic mass is 9.73. The van der Waals surface area contributed by atoms with Crippen molar-refractivity contribution in [2.24, 2.45) is 0 Å². The van der Waals surface area contributed by atoms with Gasteiger partial charge in [0.05, 0.1) is 0 Å². The molecule has 1 aliphatic carbocycles. The molecule has 0 spiro atoms. The third kappa shape index (κ3) is 12.7.